The first-order valence-corrected chi connectivity index (χ1v) is 14.7. The normalized spacial score (nSPS) is 13.2. The van der Waals surface area contributed by atoms with Crippen molar-refractivity contribution in [1.29, 1.82) is 0 Å². The molecule has 0 bridgehead atoms. The van der Waals surface area contributed by atoms with Gasteiger partial charge in [-0.1, -0.05) is 48.9 Å². The zero-order valence-electron chi connectivity index (χ0n) is 23.7. The molecule has 42 heavy (non-hydrogen) atoms. The van der Waals surface area contributed by atoms with Gasteiger partial charge in [-0.25, -0.2) is 12.8 Å². The van der Waals surface area contributed by atoms with Gasteiger partial charge in [-0.3, -0.25) is 13.9 Å². The highest BCUT2D eigenvalue weighted by Crippen LogP contribution is 2.33. The maximum atomic E-state index is 14.6. The zero-order chi connectivity index (χ0) is 31.2. The number of amides is 2. The van der Waals surface area contributed by atoms with Crippen LogP contribution in [-0.4, -0.2) is 43.8 Å². The van der Waals surface area contributed by atoms with Crippen LogP contribution in [0.25, 0.3) is 0 Å². The van der Waals surface area contributed by atoms with Crippen molar-refractivity contribution < 1.29 is 35.6 Å². The molecular weight excluding hydrogens is 574 g/mol. The lowest BCUT2D eigenvalue weighted by molar-refractivity contribution is -0.139. The largest absolute Gasteiger partial charge is 0.416 e. The number of carbonyl (C=O) groups excluding carboxylic acids is 2. The molecule has 0 aliphatic carbocycles. The average molecular weight is 608 g/mol. The molecule has 0 heterocycles. The molecule has 2 amide bonds. The van der Waals surface area contributed by atoms with Crippen LogP contribution in [0, 0.1) is 12.7 Å². The van der Waals surface area contributed by atoms with Gasteiger partial charge in [-0.2, -0.15) is 13.2 Å². The van der Waals surface area contributed by atoms with Crippen LogP contribution in [0.4, 0.5) is 23.2 Å². The van der Waals surface area contributed by atoms with Crippen LogP contribution in [-0.2, 0) is 32.3 Å². The number of benzene rings is 3. The van der Waals surface area contributed by atoms with Crippen LogP contribution < -0.4 is 9.62 Å². The van der Waals surface area contributed by atoms with Crippen molar-refractivity contribution in [1.82, 2.24) is 10.2 Å². The summed E-state index contributed by atoms with van der Waals surface area (Å²) in [5.74, 6) is -2.12. The highest BCUT2D eigenvalue weighted by molar-refractivity contribution is 7.92. The van der Waals surface area contributed by atoms with E-state index < -0.39 is 57.7 Å². The van der Waals surface area contributed by atoms with E-state index in [1.54, 1.807) is 19.9 Å². The van der Waals surface area contributed by atoms with Crippen molar-refractivity contribution in [2.24, 2.45) is 0 Å². The zero-order valence-corrected chi connectivity index (χ0v) is 24.5. The SMILES string of the molecule is CCC(C)NC(=O)C(C)N(Cc1ccccc1F)C(=O)CN(c1cccc(C(F)(F)F)c1)S(=O)(=O)c1ccc(C)cc1. The Morgan fingerprint density at radius 1 is 0.952 bits per heavy atom. The maximum Gasteiger partial charge on any atom is 0.416 e. The first-order valence-electron chi connectivity index (χ1n) is 13.2. The second-order valence-corrected chi connectivity index (χ2v) is 11.8. The number of alkyl halides is 3. The van der Waals surface area contributed by atoms with Crippen LogP contribution in [0.5, 0.6) is 0 Å². The lowest BCUT2D eigenvalue weighted by atomic mass is 10.1. The standard InChI is InChI=1S/C30H33F4N3O4S/c1-5-21(3)35-29(39)22(4)36(18-23-9-6-7-12-27(23)31)28(38)19-37(25-11-8-10-24(17-25)30(32,33)34)42(40,41)26-15-13-20(2)14-16-26/h6-17,21-22H,5,18-19H2,1-4H3,(H,35,39). The predicted octanol–water partition coefficient (Wildman–Crippen LogP) is 5.68. The minimum absolute atomic E-state index is 0.0704. The molecule has 3 rings (SSSR count). The first kappa shape index (κ1) is 32.6. The lowest BCUT2D eigenvalue weighted by Crippen LogP contribution is -2.52. The van der Waals surface area contributed by atoms with Gasteiger partial charge in [0.2, 0.25) is 11.8 Å². The average Bonchev–Trinajstić information content (AvgIpc) is 2.94. The van der Waals surface area contributed by atoms with Gasteiger partial charge < -0.3 is 10.2 Å². The van der Waals surface area contributed by atoms with Gasteiger partial charge in [0.05, 0.1) is 16.1 Å². The Balaban J connectivity index is 2.10. The number of rotatable bonds is 11. The number of nitrogens with one attached hydrogen (secondary N) is 1. The molecule has 0 aliphatic rings. The minimum atomic E-state index is -4.78. The van der Waals surface area contributed by atoms with Gasteiger partial charge in [0.25, 0.3) is 10.0 Å². The number of aryl methyl sites for hydroxylation is 1. The van der Waals surface area contributed by atoms with Crippen molar-refractivity contribution in [2.45, 2.75) is 63.8 Å². The van der Waals surface area contributed by atoms with Crippen molar-refractivity contribution in [3.05, 3.63) is 95.3 Å². The molecule has 0 saturated heterocycles. The Labute approximate surface area is 243 Å². The monoisotopic (exact) mass is 607 g/mol. The molecule has 3 aromatic carbocycles. The van der Waals surface area contributed by atoms with Crippen molar-refractivity contribution in [3.63, 3.8) is 0 Å². The molecule has 7 nitrogen and oxygen atoms in total. The Morgan fingerprint density at radius 2 is 1.60 bits per heavy atom. The Morgan fingerprint density at radius 3 is 2.19 bits per heavy atom. The summed E-state index contributed by atoms with van der Waals surface area (Å²) in [4.78, 5) is 27.7. The van der Waals surface area contributed by atoms with Gasteiger partial charge >= 0.3 is 6.18 Å². The fourth-order valence-electron chi connectivity index (χ4n) is 4.06. The molecule has 1 N–H and O–H groups in total. The Bertz CT molecular complexity index is 1510. The summed E-state index contributed by atoms with van der Waals surface area (Å²) < 4.78 is 83.5. The minimum Gasteiger partial charge on any atom is -0.352 e. The third-order valence-electron chi connectivity index (χ3n) is 6.82. The second kappa shape index (κ2) is 13.4. The second-order valence-electron chi connectivity index (χ2n) is 9.98. The molecule has 3 aromatic rings. The van der Waals surface area contributed by atoms with Crippen molar-refractivity contribution in [3.8, 4) is 0 Å². The number of nitrogens with zero attached hydrogens (tertiary/aromatic N) is 2. The number of hydrogen-bond donors (Lipinski definition) is 1. The quantitative estimate of drug-likeness (QED) is 0.284. The molecule has 2 unspecified atom stereocenters. The number of halogens is 4. The molecule has 0 saturated carbocycles. The van der Waals surface area contributed by atoms with E-state index in [0.29, 0.717) is 16.8 Å². The highest BCUT2D eigenvalue weighted by atomic mass is 32.2. The fourth-order valence-corrected chi connectivity index (χ4v) is 5.47. The van der Waals surface area contributed by atoms with Gasteiger partial charge in [0.1, 0.15) is 18.4 Å². The summed E-state index contributed by atoms with van der Waals surface area (Å²) in [6, 6.07) is 13.4. The van der Waals surface area contributed by atoms with E-state index >= 15 is 0 Å². The van der Waals surface area contributed by atoms with Crippen LogP contribution >= 0.6 is 0 Å². The summed E-state index contributed by atoms with van der Waals surface area (Å²) in [6.45, 7) is 5.42. The number of hydrogen-bond acceptors (Lipinski definition) is 4. The van der Waals surface area contributed by atoms with E-state index in [4.69, 9.17) is 0 Å². The molecule has 0 aromatic heterocycles. The van der Waals surface area contributed by atoms with Crippen molar-refractivity contribution >= 4 is 27.5 Å². The fraction of sp³-hybridized carbons (Fsp3) is 0.333. The molecular formula is C30H33F4N3O4S. The molecule has 0 radical (unpaired) electrons. The van der Waals surface area contributed by atoms with Gasteiger partial charge in [0.15, 0.2) is 0 Å². The molecule has 2 atom stereocenters. The van der Waals surface area contributed by atoms with Gasteiger partial charge in [-0.15, -0.1) is 0 Å². The lowest BCUT2D eigenvalue weighted by Gasteiger charge is -2.32. The van der Waals surface area contributed by atoms with Gasteiger partial charge in [-0.05, 0) is 63.6 Å². The van der Waals surface area contributed by atoms with Gasteiger partial charge in [0, 0.05) is 18.2 Å². The Kier molecular flexibility index (Phi) is 10.4. The highest BCUT2D eigenvalue weighted by Gasteiger charge is 2.35. The molecule has 226 valence electrons. The topological polar surface area (TPSA) is 86.8 Å². The maximum absolute atomic E-state index is 14.6. The molecule has 0 aliphatic heterocycles. The summed E-state index contributed by atoms with van der Waals surface area (Å²) >= 11 is 0. The summed E-state index contributed by atoms with van der Waals surface area (Å²) in [7, 11) is -4.57. The number of carbonyl (C=O) groups is 2. The predicted molar refractivity (Wildman–Crippen MR) is 151 cm³/mol. The molecule has 12 heteroatoms. The van der Waals surface area contributed by atoms with Crippen LogP contribution in [0.1, 0.15) is 43.9 Å². The van der Waals surface area contributed by atoms with Crippen LogP contribution in [0.15, 0.2) is 77.7 Å². The molecule has 0 spiro atoms. The van der Waals surface area contributed by atoms with E-state index in [0.717, 1.165) is 28.7 Å². The summed E-state index contributed by atoms with van der Waals surface area (Å²) in [6.07, 6.45) is -4.18. The summed E-state index contributed by atoms with van der Waals surface area (Å²) in [5, 5.41) is 2.75. The van der Waals surface area contributed by atoms with Crippen LogP contribution in [0.2, 0.25) is 0 Å². The Hall–Kier alpha value is -3.93. The van der Waals surface area contributed by atoms with E-state index in [1.807, 2.05) is 6.92 Å². The number of anilines is 1. The number of sulfonamides is 1. The summed E-state index contributed by atoms with van der Waals surface area (Å²) in [5.41, 5.74) is -0.698. The van der Waals surface area contributed by atoms with E-state index in [1.165, 1.54) is 49.4 Å². The van der Waals surface area contributed by atoms with E-state index in [2.05, 4.69) is 5.32 Å². The van der Waals surface area contributed by atoms with Crippen molar-refractivity contribution in [2.75, 3.05) is 10.8 Å². The first-order chi connectivity index (χ1) is 19.6. The smallest absolute Gasteiger partial charge is 0.352 e. The van der Waals surface area contributed by atoms with E-state index in [-0.39, 0.29) is 23.0 Å². The third-order valence-corrected chi connectivity index (χ3v) is 8.60. The van der Waals surface area contributed by atoms with Crippen LogP contribution in [0.3, 0.4) is 0 Å². The molecule has 0 fully saturated rings. The third kappa shape index (κ3) is 7.87. The van der Waals surface area contributed by atoms with E-state index in [9.17, 15) is 35.6 Å².